The lowest BCUT2D eigenvalue weighted by Gasteiger charge is -2.56. The van der Waals surface area contributed by atoms with Gasteiger partial charge in [-0.1, -0.05) is 24.6 Å². The molecule has 1 unspecified atom stereocenters. The maximum absolute atomic E-state index is 11.2. The minimum atomic E-state index is 0.369. The van der Waals surface area contributed by atoms with Gasteiger partial charge in [0.25, 0.3) is 0 Å². The van der Waals surface area contributed by atoms with Crippen molar-refractivity contribution >= 4 is 24.1 Å². The molecule has 5 heteroatoms. The van der Waals surface area contributed by atoms with Gasteiger partial charge in [-0.15, -0.1) is 0 Å². The number of carbonyl (C=O) groups excluding carboxylic acids is 1. The lowest BCUT2D eigenvalue weighted by atomic mass is 9.54. The van der Waals surface area contributed by atoms with Crippen LogP contribution in [0.15, 0.2) is 12.1 Å². The molecule has 23 heavy (non-hydrogen) atoms. The van der Waals surface area contributed by atoms with E-state index >= 15 is 0 Å². The molecule has 1 saturated heterocycles. The maximum Gasteiger partial charge on any atom is 0.152 e. The molecule has 4 nitrogen and oxygen atoms in total. The summed E-state index contributed by atoms with van der Waals surface area (Å²) in [6.07, 6.45) is 4.52. The largest absolute Gasteiger partial charge is 0.323 e. The van der Waals surface area contributed by atoms with Gasteiger partial charge in [-0.3, -0.25) is 4.79 Å². The third kappa shape index (κ3) is 3.49. The molecule has 126 valence electrons. The van der Waals surface area contributed by atoms with Gasteiger partial charge in [0.15, 0.2) is 6.29 Å². The molecule has 1 aromatic rings. The highest BCUT2D eigenvalue weighted by Crippen LogP contribution is 2.53. The van der Waals surface area contributed by atoms with Crippen molar-refractivity contribution in [2.45, 2.75) is 25.7 Å². The van der Waals surface area contributed by atoms with Crippen LogP contribution in [0, 0.1) is 16.7 Å². The summed E-state index contributed by atoms with van der Waals surface area (Å²) in [7, 11) is 3.75. The molecule has 1 aromatic carbocycles. The fourth-order valence-corrected chi connectivity index (χ4v) is 3.94. The van der Waals surface area contributed by atoms with E-state index in [0.717, 1.165) is 24.9 Å². The van der Waals surface area contributed by atoms with E-state index in [1.807, 2.05) is 20.2 Å². The highest BCUT2D eigenvalue weighted by molar-refractivity contribution is 6.33. The summed E-state index contributed by atoms with van der Waals surface area (Å²) in [5, 5.41) is 14.1. The quantitative estimate of drug-likeness (QED) is 0.585. The molecule has 2 fully saturated rings. The van der Waals surface area contributed by atoms with Crippen molar-refractivity contribution in [2.75, 3.05) is 27.2 Å². The molecule has 0 amide bonds. The molecule has 1 saturated carbocycles. The fourth-order valence-electron chi connectivity index (χ4n) is 3.73. The summed E-state index contributed by atoms with van der Waals surface area (Å²) in [5.74, 6) is 1.02. The minimum Gasteiger partial charge on any atom is -0.323 e. The number of halogens is 1. The number of nitrogens with one attached hydrogen (secondary N) is 3. The summed E-state index contributed by atoms with van der Waals surface area (Å²) in [5.41, 5.74) is 2.76. The van der Waals surface area contributed by atoms with Crippen LogP contribution in [0.2, 0.25) is 5.02 Å². The lowest BCUT2D eigenvalue weighted by Crippen LogP contribution is -2.60. The maximum atomic E-state index is 11.2. The number of benzene rings is 1. The summed E-state index contributed by atoms with van der Waals surface area (Å²) < 4.78 is 0. The van der Waals surface area contributed by atoms with Crippen LogP contribution in [-0.2, 0) is 0 Å². The molecule has 1 spiro atoms. The van der Waals surface area contributed by atoms with E-state index in [9.17, 15) is 4.79 Å². The van der Waals surface area contributed by atoms with Crippen molar-refractivity contribution in [3.05, 3.63) is 33.8 Å². The second-order valence-corrected chi connectivity index (χ2v) is 7.19. The Balaban J connectivity index is 0.000000595. The average Bonchev–Trinajstić information content (AvgIpc) is 2.44. The molecule has 1 aliphatic carbocycles. The molecular formula is C18H26ClN3O. The average molecular weight is 336 g/mol. The van der Waals surface area contributed by atoms with Crippen LogP contribution in [0.3, 0.4) is 0 Å². The van der Waals surface area contributed by atoms with Crippen LogP contribution in [0.25, 0.3) is 0 Å². The monoisotopic (exact) mass is 335 g/mol. The van der Waals surface area contributed by atoms with Crippen LogP contribution >= 0.6 is 11.6 Å². The third-order valence-corrected chi connectivity index (χ3v) is 5.45. The number of hydrogen-bond acceptors (Lipinski definition) is 4. The standard InChI is InChI=1S/C16H19ClN2O.C2H7N/c1-10(11-4-16(5-11)8-19-9-16)12-2-3-15(17)14(7-20)13(12)6-18;1-3-2/h2-3,6-7,10-11,18-19H,4-5,8-9H2,1H3;3H,1-2H3. The summed E-state index contributed by atoms with van der Waals surface area (Å²) in [6, 6.07) is 3.76. The van der Waals surface area contributed by atoms with E-state index < -0.39 is 0 Å². The Morgan fingerprint density at radius 3 is 2.39 bits per heavy atom. The normalized spacial score (nSPS) is 19.8. The zero-order valence-electron chi connectivity index (χ0n) is 14.1. The molecular weight excluding hydrogens is 310 g/mol. The van der Waals surface area contributed by atoms with Gasteiger partial charge in [0, 0.05) is 30.4 Å². The first-order valence-electron chi connectivity index (χ1n) is 8.09. The van der Waals surface area contributed by atoms with Crippen LogP contribution in [-0.4, -0.2) is 39.7 Å². The number of carbonyl (C=O) groups is 1. The van der Waals surface area contributed by atoms with Crippen molar-refractivity contribution in [2.24, 2.45) is 11.3 Å². The molecule has 1 atom stereocenters. The zero-order chi connectivity index (χ0) is 17.0. The van der Waals surface area contributed by atoms with Gasteiger partial charge >= 0.3 is 0 Å². The Labute approximate surface area is 143 Å². The van der Waals surface area contributed by atoms with Crippen LogP contribution in [0.1, 0.15) is 47.2 Å². The Morgan fingerprint density at radius 2 is 1.96 bits per heavy atom. The van der Waals surface area contributed by atoms with Crippen molar-refractivity contribution in [1.29, 1.82) is 5.41 Å². The summed E-state index contributed by atoms with van der Waals surface area (Å²) in [4.78, 5) is 11.2. The fraction of sp³-hybridized carbons (Fsp3) is 0.556. The first kappa shape index (κ1) is 18.1. The molecule has 2 aliphatic rings. The Bertz CT molecular complexity index is 576. The van der Waals surface area contributed by atoms with Crippen molar-refractivity contribution in [3.63, 3.8) is 0 Å². The molecule has 0 bridgehead atoms. The Morgan fingerprint density at radius 1 is 1.35 bits per heavy atom. The molecule has 1 aliphatic heterocycles. The van der Waals surface area contributed by atoms with Gasteiger partial charge in [-0.25, -0.2) is 0 Å². The van der Waals surface area contributed by atoms with Gasteiger partial charge < -0.3 is 16.0 Å². The second-order valence-electron chi connectivity index (χ2n) is 6.79. The van der Waals surface area contributed by atoms with Crippen LogP contribution in [0.5, 0.6) is 0 Å². The highest BCUT2D eigenvalue weighted by Gasteiger charge is 2.50. The van der Waals surface area contributed by atoms with Crippen molar-refractivity contribution in [3.8, 4) is 0 Å². The summed E-state index contributed by atoms with van der Waals surface area (Å²) in [6.45, 7) is 4.50. The number of aldehydes is 1. The molecule has 0 aromatic heterocycles. The number of hydrogen-bond donors (Lipinski definition) is 3. The van der Waals surface area contributed by atoms with E-state index in [2.05, 4.69) is 17.6 Å². The van der Waals surface area contributed by atoms with Gasteiger partial charge in [0.2, 0.25) is 0 Å². The zero-order valence-corrected chi connectivity index (χ0v) is 14.8. The van der Waals surface area contributed by atoms with Crippen LogP contribution < -0.4 is 10.6 Å². The Kier molecular flexibility index (Phi) is 5.95. The predicted molar refractivity (Wildman–Crippen MR) is 96.2 cm³/mol. The molecule has 0 radical (unpaired) electrons. The van der Waals surface area contributed by atoms with E-state index in [0.29, 0.717) is 33.4 Å². The first-order valence-corrected chi connectivity index (χ1v) is 8.47. The lowest BCUT2D eigenvalue weighted by molar-refractivity contribution is -0.00994. The predicted octanol–water partition coefficient (Wildman–Crippen LogP) is 3.09. The summed E-state index contributed by atoms with van der Waals surface area (Å²) >= 11 is 6.05. The van der Waals surface area contributed by atoms with Crippen molar-refractivity contribution < 1.29 is 4.79 Å². The Hall–Kier alpha value is -1.23. The molecule has 3 N–H and O–H groups in total. The SMILES string of the molecule is CC(c1ccc(Cl)c(C=O)c1C=N)C1CC2(CNC2)C1.CNC. The smallest absolute Gasteiger partial charge is 0.152 e. The van der Waals surface area contributed by atoms with E-state index in [1.54, 1.807) is 6.07 Å². The van der Waals surface area contributed by atoms with E-state index in [1.165, 1.54) is 19.1 Å². The van der Waals surface area contributed by atoms with E-state index in [-0.39, 0.29) is 0 Å². The van der Waals surface area contributed by atoms with E-state index in [4.69, 9.17) is 17.0 Å². The van der Waals surface area contributed by atoms with Gasteiger partial charge in [0.1, 0.15) is 0 Å². The number of rotatable bonds is 4. The molecule has 3 rings (SSSR count). The minimum absolute atomic E-state index is 0.369. The highest BCUT2D eigenvalue weighted by atomic mass is 35.5. The van der Waals surface area contributed by atoms with Gasteiger partial charge in [0.05, 0.1) is 5.02 Å². The van der Waals surface area contributed by atoms with Gasteiger partial charge in [-0.2, -0.15) is 0 Å². The topological polar surface area (TPSA) is 65.0 Å². The second kappa shape index (κ2) is 7.56. The molecule has 1 heterocycles. The van der Waals surface area contributed by atoms with Crippen LogP contribution in [0.4, 0.5) is 0 Å². The third-order valence-electron chi connectivity index (χ3n) is 5.12. The first-order chi connectivity index (χ1) is 11.0. The van der Waals surface area contributed by atoms with Gasteiger partial charge in [-0.05, 0) is 55.8 Å². The van der Waals surface area contributed by atoms with Crippen molar-refractivity contribution in [1.82, 2.24) is 10.6 Å².